The van der Waals surface area contributed by atoms with Crippen molar-refractivity contribution in [2.45, 2.75) is 0 Å². The van der Waals surface area contributed by atoms with E-state index in [9.17, 15) is 0 Å². The third-order valence-electron chi connectivity index (χ3n) is 6.81. The monoisotopic (exact) mass is 554 g/mol. The maximum Gasteiger partial charge on any atom is 0.0793 e. The SMILES string of the molecule is C(#Cc1cc2sc3cc(-c4ccccc4)ccc3c2s1)c1cc2sc3cc(-c4ccccc4)ccc3c2s1. The zero-order valence-corrected chi connectivity index (χ0v) is 23.3. The van der Waals surface area contributed by atoms with E-state index in [1.807, 2.05) is 45.3 Å². The summed E-state index contributed by atoms with van der Waals surface area (Å²) in [6.07, 6.45) is 0. The van der Waals surface area contributed by atoms with Crippen LogP contribution in [0.4, 0.5) is 0 Å². The second-order valence-electron chi connectivity index (χ2n) is 9.22. The van der Waals surface area contributed by atoms with E-state index in [4.69, 9.17) is 0 Å². The largest absolute Gasteiger partial charge is 0.134 e. The molecule has 4 heterocycles. The summed E-state index contributed by atoms with van der Waals surface area (Å²) in [5.41, 5.74) is 5.07. The van der Waals surface area contributed by atoms with E-state index in [1.54, 1.807) is 0 Å². The zero-order valence-electron chi connectivity index (χ0n) is 20.0. The molecule has 0 atom stereocenters. The van der Waals surface area contributed by atoms with Crippen LogP contribution >= 0.6 is 45.3 Å². The summed E-state index contributed by atoms with van der Waals surface area (Å²) < 4.78 is 8.03. The number of rotatable bonds is 2. The lowest BCUT2D eigenvalue weighted by Crippen LogP contribution is -1.75. The van der Waals surface area contributed by atoms with Crippen molar-refractivity contribution in [3.8, 4) is 34.1 Å². The van der Waals surface area contributed by atoms with Gasteiger partial charge < -0.3 is 0 Å². The number of hydrogen-bond donors (Lipinski definition) is 0. The summed E-state index contributed by atoms with van der Waals surface area (Å²) in [7, 11) is 0. The summed E-state index contributed by atoms with van der Waals surface area (Å²) in [4.78, 5) is 2.27. The first-order valence-corrected chi connectivity index (χ1v) is 15.6. The molecule has 0 nitrogen and oxygen atoms in total. The van der Waals surface area contributed by atoms with Gasteiger partial charge in [0.15, 0.2) is 0 Å². The van der Waals surface area contributed by atoms with Gasteiger partial charge in [0.05, 0.1) is 19.2 Å². The molecule has 8 rings (SSSR count). The molecule has 4 aromatic carbocycles. The average molecular weight is 555 g/mol. The van der Waals surface area contributed by atoms with Crippen LogP contribution in [-0.2, 0) is 0 Å². The van der Waals surface area contributed by atoms with Gasteiger partial charge in [-0.25, -0.2) is 0 Å². The molecule has 0 radical (unpaired) electrons. The Morgan fingerprint density at radius 1 is 0.368 bits per heavy atom. The lowest BCUT2D eigenvalue weighted by Gasteiger charge is -2.01. The Labute approximate surface area is 236 Å². The fraction of sp³-hybridized carbons (Fsp3) is 0. The molecule has 0 N–H and O–H groups in total. The highest BCUT2D eigenvalue weighted by molar-refractivity contribution is 7.33. The van der Waals surface area contributed by atoms with Crippen molar-refractivity contribution >= 4 is 84.3 Å². The second-order valence-corrected chi connectivity index (χ2v) is 13.5. The van der Waals surface area contributed by atoms with E-state index < -0.39 is 0 Å². The van der Waals surface area contributed by atoms with Crippen LogP contribution in [0.2, 0.25) is 0 Å². The van der Waals surface area contributed by atoms with Gasteiger partial charge in [-0.15, -0.1) is 45.3 Å². The fourth-order valence-corrected chi connectivity index (χ4v) is 9.80. The molecular formula is C34H18S4. The molecule has 0 fully saturated rings. The van der Waals surface area contributed by atoms with Crippen LogP contribution in [0.15, 0.2) is 109 Å². The van der Waals surface area contributed by atoms with E-state index in [2.05, 4.69) is 121 Å². The maximum absolute atomic E-state index is 3.46. The standard InChI is InChI=1S/C34H18S4/c1-3-7-21(8-4-1)23-11-15-27-29(17-23)37-31-19-25(35-33(27)31)13-14-26-20-32-34(36-26)28-16-12-24(18-30(28)38-32)22-9-5-2-6-10-22/h1-12,15-20H. The molecule has 0 aliphatic carbocycles. The summed E-state index contributed by atoms with van der Waals surface area (Å²) in [6.45, 7) is 0. The van der Waals surface area contributed by atoms with E-state index in [0.717, 1.165) is 9.75 Å². The van der Waals surface area contributed by atoms with Crippen molar-refractivity contribution < 1.29 is 0 Å². The molecule has 0 saturated carbocycles. The summed E-state index contributed by atoms with van der Waals surface area (Å²) >= 11 is 7.35. The Morgan fingerprint density at radius 3 is 1.26 bits per heavy atom. The Balaban J connectivity index is 1.11. The van der Waals surface area contributed by atoms with Crippen molar-refractivity contribution in [3.63, 3.8) is 0 Å². The van der Waals surface area contributed by atoms with Crippen molar-refractivity contribution in [3.05, 3.63) is 119 Å². The molecular weight excluding hydrogens is 537 g/mol. The van der Waals surface area contributed by atoms with Crippen molar-refractivity contribution in [1.82, 2.24) is 0 Å². The first-order chi connectivity index (χ1) is 18.8. The van der Waals surface area contributed by atoms with Crippen molar-refractivity contribution in [2.75, 3.05) is 0 Å². The Morgan fingerprint density at radius 2 is 0.816 bits per heavy atom. The molecule has 0 amide bonds. The summed E-state index contributed by atoms with van der Waals surface area (Å²) in [5, 5.41) is 2.67. The van der Waals surface area contributed by atoms with Crippen LogP contribution in [0.1, 0.15) is 9.75 Å². The van der Waals surface area contributed by atoms with Crippen LogP contribution in [-0.4, -0.2) is 0 Å². The quantitative estimate of drug-likeness (QED) is 0.186. The van der Waals surface area contributed by atoms with Crippen LogP contribution in [0.5, 0.6) is 0 Å². The molecule has 0 aliphatic rings. The van der Waals surface area contributed by atoms with Gasteiger partial charge in [0, 0.05) is 29.6 Å². The lowest BCUT2D eigenvalue weighted by atomic mass is 10.1. The van der Waals surface area contributed by atoms with Crippen molar-refractivity contribution in [1.29, 1.82) is 0 Å². The first-order valence-electron chi connectivity index (χ1n) is 12.3. The van der Waals surface area contributed by atoms with Gasteiger partial charge in [-0.2, -0.15) is 0 Å². The first kappa shape index (κ1) is 22.3. The lowest BCUT2D eigenvalue weighted by molar-refractivity contribution is 1.66. The highest BCUT2D eigenvalue weighted by Crippen LogP contribution is 2.42. The predicted molar refractivity (Wildman–Crippen MR) is 171 cm³/mol. The average Bonchev–Trinajstić information content (AvgIpc) is 3.71. The molecule has 4 heteroatoms. The topological polar surface area (TPSA) is 0 Å². The third-order valence-corrected chi connectivity index (χ3v) is 11.4. The van der Waals surface area contributed by atoms with E-state index in [-0.39, 0.29) is 0 Å². The van der Waals surface area contributed by atoms with Crippen LogP contribution in [0.3, 0.4) is 0 Å². The van der Waals surface area contributed by atoms with Gasteiger partial charge in [-0.3, -0.25) is 0 Å². The number of benzene rings is 4. The van der Waals surface area contributed by atoms with Gasteiger partial charge in [-0.1, -0.05) is 84.9 Å². The fourth-order valence-electron chi connectivity index (χ4n) is 4.97. The highest BCUT2D eigenvalue weighted by atomic mass is 32.1. The van der Waals surface area contributed by atoms with Gasteiger partial charge in [0.2, 0.25) is 0 Å². The third kappa shape index (κ3) is 3.79. The smallest absolute Gasteiger partial charge is 0.0793 e. The minimum atomic E-state index is 1.13. The van der Waals surface area contributed by atoms with Crippen LogP contribution < -0.4 is 0 Å². The molecule has 0 saturated heterocycles. The summed E-state index contributed by atoms with van der Waals surface area (Å²) in [5.74, 6) is 6.92. The molecule has 0 spiro atoms. The minimum absolute atomic E-state index is 1.13. The van der Waals surface area contributed by atoms with E-state index >= 15 is 0 Å². The predicted octanol–water partition coefficient (Wildman–Crippen LogP) is 11.3. The normalized spacial score (nSPS) is 11.5. The number of thiophene rings is 4. The summed E-state index contributed by atoms with van der Waals surface area (Å²) in [6, 6.07) is 39.4. The minimum Gasteiger partial charge on any atom is -0.134 e. The van der Waals surface area contributed by atoms with E-state index in [1.165, 1.54) is 61.2 Å². The van der Waals surface area contributed by atoms with E-state index in [0.29, 0.717) is 0 Å². The van der Waals surface area contributed by atoms with Gasteiger partial charge >= 0.3 is 0 Å². The molecule has 0 bridgehead atoms. The van der Waals surface area contributed by atoms with Crippen LogP contribution in [0, 0.1) is 11.8 Å². The number of fused-ring (bicyclic) bond motifs is 6. The Hall–Kier alpha value is -3.72. The maximum atomic E-state index is 3.46. The van der Waals surface area contributed by atoms with Gasteiger partial charge in [0.1, 0.15) is 0 Å². The molecule has 4 aromatic heterocycles. The van der Waals surface area contributed by atoms with Gasteiger partial charge in [-0.05, 0) is 58.4 Å². The number of hydrogen-bond acceptors (Lipinski definition) is 4. The molecule has 38 heavy (non-hydrogen) atoms. The van der Waals surface area contributed by atoms with Crippen LogP contribution in [0.25, 0.3) is 61.2 Å². The Kier molecular flexibility index (Phi) is 5.24. The highest BCUT2D eigenvalue weighted by Gasteiger charge is 2.12. The van der Waals surface area contributed by atoms with Crippen molar-refractivity contribution in [2.24, 2.45) is 0 Å². The molecule has 0 aliphatic heterocycles. The van der Waals surface area contributed by atoms with Gasteiger partial charge in [0.25, 0.3) is 0 Å². The zero-order chi connectivity index (χ0) is 25.1. The second kappa shape index (κ2) is 8.94. The molecule has 0 unspecified atom stereocenters. The molecule has 8 aromatic rings. The Bertz CT molecular complexity index is 2020. The molecule has 178 valence electrons.